The maximum Gasteiger partial charge on any atom is 0.296 e. The van der Waals surface area contributed by atoms with Crippen LogP contribution in [0.15, 0.2) is 29.1 Å². The molecule has 1 unspecified atom stereocenters. The lowest BCUT2D eigenvalue weighted by Gasteiger charge is -2.27. The molecule has 1 aromatic heterocycles. The molecule has 10 nitrogen and oxygen atoms in total. The molecular formula is C19H21FN4O6S. The quantitative estimate of drug-likeness (QED) is 0.559. The highest BCUT2D eigenvalue weighted by atomic mass is 32.2. The average molecular weight is 452 g/mol. The van der Waals surface area contributed by atoms with Crippen molar-refractivity contribution >= 4 is 21.7 Å². The summed E-state index contributed by atoms with van der Waals surface area (Å²) >= 11 is 0. The minimum Gasteiger partial charge on any atom is -0.501 e. The van der Waals surface area contributed by atoms with Crippen LogP contribution < -0.4 is 16.2 Å². The van der Waals surface area contributed by atoms with Gasteiger partial charge < -0.3 is 15.7 Å². The Kier molecular flexibility index (Phi) is 6.39. The number of nitrogens with zero attached hydrogens (tertiary/aromatic N) is 2. The molecule has 1 aliphatic heterocycles. The topological polar surface area (TPSA) is 147 Å². The van der Waals surface area contributed by atoms with Gasteiger partial charge >= 0.3 is 0 Å². The summed E-state index contributed by atoms with van der Waals surface area (Å²) in [5.74, 6) is -3.51. The smallest absolute Gasteiger partial charge is 0.296 e. The Morgan fingerprint density at radius 2 is 1.97 bits per heavy atom. The lowest BCUT2D eigenvalue weighted by atomic mass is 10.1. The highest BCUT2D eigenvalue weighted by Gasteiger charge is 2.29. The van der Waals surface area contributed by atoms with E-state index < -0.39 is 56.3 Å². The zero-order valence-electron chi connectivity index (χ0n) is 16.6. The van der Waals surface area contributed by atoms with E-state index in [2.05, 4.69) is 15.6 Å². The van der Waals surface area contributed by atoms with Crippen LogP contribution in [0.1, 0.15) is 40.8 Å². The number of carbonyl (C=O) groups excluding carboxylic acids is 2. The Labute approximate surface area is 177 Å². The molecule has 2 aromatic rings. The van der Waals surface area contributed by atoms with E-state index in [9.17, 15) is 32.3 Å². The van der Waals surface area contributed by atoms with Gasteiger partial charge in [0.2, 0.25) is 11.7 Å². The van der Waals surface area contributed by atoms with Crippen LogP contribution in [-0.4, -0.2) is 46.9 Å². The Bertz CT molecular complexity index is 1180. The standard InChI is InChI=1S/C19H21FN4O6S/c1-31(29,30)10-14(25)22-13-3-2-8-24-17(13)23-15(16(26)19(24)28)18(27)21-9-11-4-6-12(20)7-5-11/h4-7,13,26H,2-3,8-10H2,1H3,(H,21,27)(H,22,25). The number of hydrogen-bond donors (Lipinski definition) is 3. The predicted octanol–water partition coefficient (Wildman–Crippen LogP) is 0.0137. The van der Waals surface area contributed by atoms with Crippen molar-refractivity contribution in [2.45, 2.75) is 32.0 Å². The molecule has 166 valence electrons. The summed E-state index contributed by atoms with van der Waals surface area (Å²) in [6.45, 7) is 0.234. The highest BCUT2D eigenvalue weighted by molar-refractivity contribution is 7.91. The molecule has 0 saturated carbocycles. The molecule has 0 fully saturated rings. The van der Waals surface area contributed by atoms with E-state index in [0.717, 1.165) is 10.8 Å². The second-order valence-corrected chi connectivity index (χ2v) is 9.41. The summed E-state index contributed by atoms with van der Waals surface area (Å²) in [5, 5.41) is 15.2. The van der Waals surface area contributed by atoms with Crippen molar-refractivity contribution in [3.05, 3.63) is 57.5 Å². The molecule has 12 heteroatoms. The second-order valence-electron chi connectivity index (χ2n) is 7.27. The number of halogens is 1. The fourth-order valence-electron chi connectivity index (χ4n) is 3.26. The molecule has 0 spiro atoms. The van der Waals surface area contributed by atoms with Crippen LogP contribution in [-0.2, 0) is 27.7 Å². The second kappa shape index (κ2) is 8.84. The van der Waals surface area contributed by atoms with Gasteiger partial charge in [0.1, 0.15) is 17.4 Å². The lowest BCUT2D eigenvalue weighted by Crippen LogP contribution is -2.41. The summed E-state index contributed by atoms with van der Waals surface area (Å²) in [4.78, 5) is 41.2. The van der Waals surface area contributed by atoms with Crippen molar-refractivity contribution < 1.29 is 27.5 Å². The molecule has 2 amide bonds. The first-order valence-corrected chi connectivity index (χ1v) is 11.4. The van der Waals surface area contributed by atoms with Crippen LogP contribution in [0.4, 0.5) is 4.39 Å². The van der Waals surface area contributed by atoms with Gasteiger partial charge in [-0.2, -0.15) is 0 Å². The monoisotopic (exact) mass is 452 g/mol. The van der Waals surface area contributed by atoms with Crippen molar-refractivity contribution in [3.8, 4) is 5.75 Å². The number of nitrogens with one attached hydrogen (secondary N) is 2. The number of amides is 2. The third-order valence-electron chi connectivity index (χ3n) is 4.67. The molecule has 0 aliphatic carbocycles. The molecule has 3 rings (SSSR count). The zero-order chi connectivity index (χ0) is 22.8. The summed E-state index contributed by atoms with van der Waals surface area (Å²) < 4.78 is 36.8. The van der Waals surface area contributed by atoms with Crippen molar-refractivity contribution in [1.29, 1.82) is 0 Å². The Morgan fingerprint density at radius 1 is 1.29 bits per heavy atom. The predicted molar refractivity (Wildman–Crippen MR) is 108 cm³/mol. The Morgan fingerprint density at radius 3 is 2.61 bits per heavy atom. The summed E-state index contributed by atoms with van der Waals surface area (Å²) in [6, 6.07) is 4.61. The summed E-state index contributed by atoms with van der Waals surface area (Å²) in [6.07, 6.45) is 1.78. The van der Waals surface area contributed by atoms with E-state index in [0.29, 0.717) is 18.4 Å². The Balaban J connectivity index is 1.85. The molecule has 2 heterocycles. The summed E-state index contributed by atoms with van der Waals surface area (Å²) in [5.41, 5.74) is -0.753. The maximum absolute atomic E-state index is 13.0. The van der Waals surface area contributed by atoms with Gasteiger partial charge in [-0.15, -0.1) is 0 Å². The normalized spacial score (nSPS) is 15.7. The van der Waals surface area contributed by atoms with E-state index in [4.69, 9.17) is 0 Å². The van der Waals surface area contributed by atoms with Crippen molar-refractivity contribution in [2.75, 3.05) is 12.0 Å². The van der Waals surface area contributed by atoms with Gasteiger partial charge in [0.15, 0.2) is 15.5 Å². The zero-order valence-corrected chi connectivity index (χ0v) is 17.4. The fourth-order valence-corrected chi connectivity index (χ4v) is 3.82. The van der Waals surface area contributed by atoms with Crippen LogP contribution in [0, 0.1) is 5.82 Å². The first-order chi connectivity index (χ1) is 14.5. The lowest BCUT2D eigenvalue weighted by molar-refractivity contribution is -0.119. The number of rotatable bonds is 6. The van der Waals surface area contributed by atoms with Gasteiger partial charge in [0, 0.05) is 19.3 Å². The van der Waals surface area contributed by atoms with Crippen LogP contribution >= 0.6 is 0 Å². The number of aromatic hydroxyl groups is 1. The Hall–Kier alpha value is -3.28. The van der Waals surface area contributed by atoms with Gasteiger partial charge in [0.25, 0.3) is 11.5 Å². The number of aromatic nitrogens is 2. The molecule has 0 saturated heterocycles. The van der Waals surface area contributed by atoms with E-state index in [1.165, 1.54) is 24.3 Å². The van der Waals surface area contributed by atoms with E-state index in [1.54, 1.807) is 0 Å². The minimum atomic E-state index is -3.55. The third kappa shape index (κ3) is 5.45. The van der Waals surface area contributed by atoms with Gasteiger partial charge in [-0.05, 0) is 30.5 Å². The van der Waals surface area contributed by atoms with Crippen molar-refractivity contribution in [1.82, 2.24) is 20.2 Å². The maximum atomic E-state index is 13.0. The molecule has 1 aliphatic rings. The largest absolute Gasteiger partial charge is 0.501 e. The number of fused-ring (bicyclic) bond motifs is 1. The SMILES string of the molecule is CS(=O)(=O)CC(=O)NC1CCCn2c1nc(C(=O)NCc1ccc(F)cc1)c(O)c2=O. The molecule has 0 bridgehead atoms. The van der Waals surface area contributed by atoms with E-state index in [1.807, 2.05) is 0 Å². The molecule has 1 atom stereocenters. The minimum absolute atomic E-state index is 0.00712. The van der Waals surface area contributed by atoms with Crippen LogP contribution in [0.2, 0.25) is 0 Å². The molecule has 3 N–H and O–H groups in total. The summed E-state index contributed by atoms with van der Waals surface area (Å²) in [7, 11) is -3.55. The number of benzene rings is 1. The van der Waals surface area contributed by atoms with Gasteiger partial charge in [-0.25, -0.2) is 17.8 Å². The number of sulfone groups is 1. The van der Waals surface area contributed by atoms with E-state index in [-0.39, 0.29) is 18.9 Å². The first kappa shape index (κ1) is 22.4. The fraction of sp³-hybridized carbons (Fsp3) is 0.368. The molecule has 31 heavy (non-hydrogen) atoms. The molecule has 1 aromatic carbocycles. The number of hydrogen-bond acceptors (Lipinski definition) is 7. The highest BCUT2D eigenvalue weighted by Crippen LogP contribution is 2.24. The first-order valence-electron chi connectivity index (χ1n) is 9.38. The van der Waals surface area contributed by atoms with Crippen LogP contribution in [0.25, 0.3) is 0 Å². The average Bonchev–Trinajstić information content (AvgIpc) is 2.69. The van der Waals surface area contributed by atoms with Crippen LogP contribution in [0.5, 0.6) is 5.75 Å². The molecule has 0 radical (unpaired) electrons. The van der Waals surface area contributed by atoms with E-state index >= 15 is 0 Å². The van der Waals surface area contributed by atoms with Gasteiger partial charge in [-0.1, -0.05) is 12.1 Å². The van der Waals surface area contributed by atoms with Gasteiger partial charge in [0.05, 0.1) is 6.04 Å². The number of carbonyl (C=O) groups is 2. The van der Waals surface area contributed by atoms with Crippen LogP contribution in [0.3, 0.4) is 0 Å². The third-order valence-corrected chi connectivity index (χ3v) is 5.46. The van der Waals surface area contributed by atoms with Gasteiger partial charge in [-0.3, -0.25) is 19.0 Å². The van der Waals surface area contributed by atoms with Crippen molar-refractivity contribution in [2.24, 2.45) is 0 Å². The van der Waals surface area contributed by atoms with Crippen molar-refractivity contribution in [3.63, 3.8) is 0 Å². The molecular weight excluding hydrogens is 431 g/mol.